The highest BCUT2D eigenvalue weighted by molar-refractivity contribution is 4.89. The highest BCUT2D eigenvalue weighted by atomic mass is 14.1. The van der Waals surface area contributed by atoms with Crippen molar-refractivity contribution in [2.24, 2.45) is 11.8 Å². The Morgan fingerprint density at radius 2 is 0.833 bits per heavy atom. The maximum Gasteiger partial charge on any atom is -0.0210 e. The monoisotopic (exact) mass is 420 g/mol. The Bertz CT molecular complexity index is 327. The zero-order valence-corrected chi connectivity index (χ0v) is 21.9. The molecule has 0 aliphatic carbocycles. The number of unbranched alkanes of at least 4 members (excludes halogenated alkanes) is 19. The molecule has 0 saturated heterocycles. The van der Waals surface area contributed by atoms with Gasteiger partial charge in [0.25, 0.3) is 0 Å². The molecule has 1 unspecified atom stereocenters. The summed E-state index contributed by atoms with van der Waals surface area (Å²) in [7, 11) is 0. The molecule has 0 nitrogen and oxygen atoms in total. The molecule has 0 spiro atoms. The van der Waals surface area contributed by atoms with Gasteiger partial charge in [-0.15, -0.1) is 0 Å². The molecule has 0 aromatic heterocycles. The van der Waals surface area contributed by atoms with Gasteiger partial charge in [-0.3, -0.25) is 0 Å². The van der Waals surface area contributed by atoms with Gasteiger partial charge in [-0.1, -0.05) is 162 Å². The molecule has 1 atom stereocenters. The fourth-order valence-electron chi connectivity index (χ4n) is 4.54. The van der Waals surface area contributed by atoms with E-state index in [4.69, 9.17) is 0 Å². The average molecular weight is 421 g/mol. The van der Waals surface area contributed by atoms with Crippen LogP contribution < -0.4 is 0 Å². The lowest BCUT2D eigenvalue weighted by atomic mass is 9.89. The Labute approximate surface area is 193 Å². The molecule has 0 aromatic rings. The van der Waals surface area contributed by atoms with Crippen molar-refractivity contribution in [3.63, 3.8) is 0 Å². The standard InChI is InChI=1S/C30H60/c1-5-7-9-11-13-14-15-16-17-18-19-20-21-22-24-26-28-30(29(3)4)27-25-23-12-10-8-6-2/h26,28-30H,5-25,27H2,1-4H3. The van der Waals surface area contributed by atoms with Gasteiger partial charge >= 0.3 is 0 Å². The SMILES string of the molecule is CCCCCCCCCCCCCCCCC=CC(CCCCCCCC)C(C)C. The van der Waals surface area contributed by atoms with E-state index >= 15 is 0 Å². The first-order valence-electron chi connectivity index (χ1n) is 14.4. The molecular weight excluding hydrogens is 360 g/mol. The predicted molar refractivity (Wildman–Crippen MR) is 140 cm³/mol. The minimum atomic E-state index is 0.799. The first kappa shape index (κ1) is 29.7. The van der Waals surface area contributed by atoms with Crippen LogP contribution in [0, 0.1) is 11.8 Å². The molecule has 0 rings (SSSR count). The molecule has 0 N–H and O–H groups in total. The Morgan fingerprint density at radius 3 is 1.23 bits per heavy atom. The second-order valence-electron chi connectivity index (χ2n) is 10.3. The van der Waals surface area contributed by atoms with Crippen LogP contribution in [0.3, 0.4) is 0 Å². The lowest BCUT2D eigenvalue weighted by Gasteiger charge is -2.16. The van der Waals surface area contributed by atoms with E-state index in [9.17, 15) is 0 Å². The van der Waals surface area contributed by atoms with E-state index in [1.165, 1.54) is 141 Å². The van der Waals surface area contributed by atoms with Crippen LogP contribution in [-0.2, 0) is 0 Å². The highest BCUT2D eigenvalue weighted by Crippen LogP contribution is 2.21. The summed E-state index contributed by atoms with van der Waals surface area (Å²) in [5.41, 5.74) is 0. The van der Waals surface area contributed by atoms with E-state index in [0.717, 1.165) is 11.8 Å². The average Bonchev–Trinajstić information content (AvgIpc) is 2.74. The van der Waals surface area contributed by atoms with Crippen molar-refractivity contribution in [2.75, 3.05) is 0 Å². The fourth-order valence-corrected chi connectivity index (χ4v) is 4.54. The lowest BCUT2D eigenvalue weighted by molar-refractivity contribution is 0.413. The van der Waals surface area contributed by atoms with Crippen molar-refractivity contribution in [1.82, 2.24) is 0 Å². The fraction of sp³-hybridized carbons (Fsp3) is 0.933. The maximum absolute atomic E-state index is 2.55. The third-order valence-corrected chi connectivity index (χ3v) is 6.85. The van der Waals surface area contributed by atoms with Gasteiger partial charge < -0.3 is 0 Å². The first-order chi connectivity index (χ1) is 14.7. The highest BCUT2D eigenvalue weighted by Gasteiger charge is 2.09. The number of rotatable bonds is 24. The van der Waals surface area contributed by atoms with Crippen molar-refractivity contribution in [3.05, 3.63) is 12.2 Å². The summed E-state index contributed by atoms with van der Waals surface area (Å²) in [5, 5.41) is 0. The zero-order valence-electron chi connectivity index (χ0n) is 21.9. The largest absolute Gasteiger partial charge is 0.0883 e. The Morgan fingerprint density at radius 1 is 0.467 bits per heavy atom. The summed E-state index contributed by atoms with van der Waals surface area (Å²) in [4.78, 5) is 0. The van der Waals surface area contributed by atoms with Crippen molar-refractivity contribution in [2.45, 2.75) is 169 Å². The summed E-state index contributed by atoms with van der Waals surface area (Å²) in [5.74, 6) is 1.61. The molecule has 0 fully saturated rings. The molecule has 0 aliphatic rings. The number of hydrogen-bond acceptors (Lipinski definition) is 0. The van der Waals surface area contributed by atoms with E-state index in [2.05, 4.69) is 39.8 Å². The van der Waals surface area contributed by atoms with E-state index < -0.39 is 0 Å². The normalized spacial score (nSPS) is 13.0. The van der Waals surface area contributed by atoms with E-state index in [-0.39, 0.29) is 0 Å². The van der Waals surface area contributed by atoms with Crippen LogP contribution in [0.15, 0.2) is 12.2 Å². The summed E-state index contributed by atoms with van der Waals surface area (Å²) in [6.07, 6.45) is 36.7. The van der Waals surface area contributed by atoms with Crippen molar-refractivity contribution in [1.29, 1.82) is 0 Å². The number of hydrogen-bond donors (Lipinski definition) is 0. The van der Waals surface area contributed by atoms with Gasteiger partial charge in [0.15, 0.2) is 0 Å². The smallest absolute Gasteiger partial charge is 0.0210 e. The van der Waals surface area contributed by atoms with Crippen LogP contribution in [0.25, 0.3) is 0 Å². The van der Waals surface area contributed by atoms with Crippen molar-refractivity contribution in [3.8, 4) is 0 Å². The van der Waals surface area contributed by atoms with Crippen LogP contribution in [0.1, 0.15) is 169 Å². The third kappa shape index (κ3) is 22.4. The summed E-state index contributed by atoms with van der Waals surface area (Å²) in [6, 6.07) is 0. The second kappa shape index (κ2) is 25.0. The topological polar surface area (TPSA) is 0 Å². The molecule has 0 radical (unpaired) electrons. The van der Waals surface area contributed by atoms with Gasteiger partial charge in [0.2, 0.25) is 0 Å². The van der Waals surface area contributed by atoms with Gasteiger partial charge in [0.1, 0.15) is 0 Å². The molecule has 0 aliphatic heterocycles. The molecule has 180 valence electrons. The molecular formula is C30H60. The summed E-state index contributed by atoms with van der Waals surface area (Å²) in [6.45, 7) is 9.41. The zero-order chi connectivity index (χ0) is 22.1. The van der Waals surface area contributed by atoms with Crippen LogP contribution in [0.5, 0.6) is 0 Å². The Balaban J connectivity index is 3.44. The summed E-state index contributed by atoms with van der Waals surface area (Å²) < 4.78 is 0. The molecule has 0 heterocycles. The molecule has 0 bridgehead atoms. The first-order valence-corrected chi connectivity index (χ1v) is 14.4. The third-order valence-electron chi connectivity index (χ3n) is 6.85. The van der Waals surface area contributed by atoms with Crippen LogP contribution in [-0.4, -0.2) is 0 Å². The maximum atomic E-state index is 2.55. The van der Waals surface area contributed by atoms with Crippen molar-refractivity contribution >= 4 is 0 Å². The van der Waals surface area contributed by atoms with Gasteiger partial charge in [0, 0.05) is 0 Å². The predicted octanol–water partition coefficient (Wildman–Crippen LogP) is 11.4. The van der Waals surface area contributed by atoms with Crippen LogP contribution >= 0.6 is 0 Å². The van der Waals surface area contributed by atoms with Crippen molar-refractivity contribution < 1.29 is 0 Å². The van der Waals surface area contributed by atoms with Gasteiger partial charge in [-0.05, 0) is 31.1 Å². The quantitative estimate of drug-likeness (QED) is 0.107. The number of allylic oxidation sites excluding steroid dienone is 2. The molecule has 0 saturated carbocycles. The van der Waals surface area contributed by atoms with E-state index in [0.29, 0.717) is 0 Å². The molecule has 30 heavy (non-hydrogen) atoms. The minimum Gasteiger partial charge on any atom is -0.0883 e. The minimum absolute atomic E-state index is 0.799. The second-order valence-corrected chi connectivity index (χ2v) is 10.3. The van der Waals surface area contributed by atoms with Gasteiger partial charge in [-0.25, -0.2) is 0 Å². The van der Waals surface area contributed by atoms with Gasteiger partial charge in [0.05, 0.1) is 0 Å². The van der Waals surface area contributed by atoms with Gasteiger partial charge in [-0.2, -0.15) is 0 Å². The Hall–Kier alpha value is -0.260. The van der Waals surface area contributed by atoms with E-state index in [1.54, 1.807) is 0 Å². The molecule has 0 aromatic carbocycles. The molecule has 0 heteroatoms. The van der Waals surface area contributed by atoms with Crippen LogP contribution in [0.2, 0.25) is 0 Å². The van der Waals surface area contributed by atoms with E-state index in [1.807, 2.05) is 0 Å². The lowest BCUT2D eigenvalue weighted by Crippen LogP contribution is -2.05. The molecule has 0 amide bonds. The summed E-state index contributed by atoms with van der Waals surface area (Å²) >= 11 is 0. The van der Waals surface area contributed by atoms with Crippen LogP contribution in [0.4, 0.5) is 0 Å². The Kier molecular flexibility index (Phi) is 24.8.